The van der Waals surface area contributed by atoms with Crippen LogP contribution < -0.4 is 5.32 Å². The fourth-order valence-electron chi connectivity index (χ4n) is 1.98. The molecule has 76 valence electrons. The average Bonchev–Trinajstić information content (AvgIpc) is 2.30. The Bertz CT molecular complexity index is 295. The SMILES string of the molecule is OCc1cccnc1[C@H]1CCCCN1. The summed E-state index contributed by atoms with van der Waals surface area (Å²) in [6, 6.07) is 4.16. The normalized spacial score (nSPS) is 22.2. The molecule has 1 saturated heterocycles. The molecule has 1 fully saturated rings. The van der Waals surface area contributed by atoms with Crippen molar-refractivity contribution in [3.05, 3.63) is 29.6 Å². The Labute approximate surface area is 84.2 Å². The number of aliphatic hydroxyl groups is 1. The van der Waals surface area contributed by atoms with Crippen molar-refractivity contribution < 1.29 is 5.11 Å². The number of aliphatic hydroxyl groups excluding tert-OH is 1. The molecule has 3 heteroatoms. The Kier molecular flexibility index (Phi) is 3.11. The van der Waals surface area contributed by atoms with Crippen molar-refractivity contribution in [1.29, 1.82) is 0 Å². The quantitative estimate of drug-likeness (QED) is 0.744. The molecule has 1 aliphatic heterocycles. The van der Waals surface area contributed by atoms with Gasteiger partial charge in [0.2, 0.25) is 0 Å². The van der Waals surface area contributed by atoms with Crippen LogP contribution in [0.15, 0.2) is 18.3 Å². The highest BCUT2D eigenvalue weighted by atomic mass is 16.3. The van der Waals surface area contributed by atoms with Gasteiger partial charge >= 0.3 is 0 Å². The van der Waals surface area contributed by atoms with E-state index in [0.717, 1.165) is 24.2 Å². The molecule has 0 spiro atoms. The molecule has 2 heterocycles. The maximum atomic E-state index is 9.18. The Hall–Kier alpha value is -0.930. The van der Waals surface area contributed by atoms with Crippen LogP contribution in [-0.4, -0.2) is 16.6 Å². The molecule has 14 heavy (non-hydrogen) atoms. The summed E-state index contributed by atoms with van der Waals surface area (Å²) < 4.78 is 0. The number of aromatic nitrogens is 1. The highest BCUT2D eigenvalue weighted by molar-refractivity contribution is 5.22. The van der Waals surface area contributed by atoms with Crippen LogP contribution in [0.25, 0.3) is 0 Å². The van der Waals surface area contributed by atoms with E-state index < -0.39 is 0 Å². The minimum Gasteiger partial charge on any atom is -0.392 e. The predicted molar refractivity (Wildman–Crippen MR) is 54.8 cm³/mol. The van der Waals surface area contributed by atoms with Crippen molar-refractivity contribution in [3.63, 3.8) is 0 Å². The van der Waals surface area contributed by atoms with Gasteiger partial charge in [0.05, 0.1) is 12.3 Å². The van der Waals surface area contributed by atoms with E-state index in [2.05, 4.69) is 10.3 Å². The van der Waals surface area contributed by atoms with Crippen molar-refractivity contribution in [2.45, 2.75) is 31.9 Å². The summed E-state index contributed by atoms with van der Waals surface area (Å²) in [5.41, 5.74) is 1.97. The zero-order valence-electron chi connectivity index (χ0n) is 8.24. The molecule has 1 aromatic heterocycles. The van der Waals surface area contributed by atoms with Gasteiger partial charge < -0.3 is 10.4 Å². The van der Waals surface area contributed by atoms with Gasteiger partial charge in [-0.05, 0) is 25.5 Å². The number of piperidine rings is 1. The van der Waals surface area contributed by atoms with Crippen molar-refractivity contribution >= 4 is 0 Å². The lowest BCUT2D eigenvalue weighted by Gasteiger charge is -2.24. The minimum absolute atomic E-state index is 0.0847. The molecule has 0 amide bonds. The average molecular weight is 192 g/mol. The van der Waals surface area contributed by atoms with Crippen molar-refractivity contribution in [2.24, 2.45) is 0 Å². The van der Waals surface area contributed by atoms with E-state index in [1.807, 2.05) is 12.1 Å². The third kappa shape index (κ3) is 1.94. The van der Waals surface area contributed by atoms with E-state index in [4.69, 9.17) is 0 Å². The monoisotopic (exact) mass is 192 g/mol. The van der Waals surface area contributed by atoms with E-state index in [9.17, 15) is 5.11 Å². The zero-order valence-corrected chi connectivity index (χ0v) is 8.24. The lowest BCUT2D eigenvalue weighted by Crippen LogP contribution is -2.28. The molecule has 2 rings (SSSR count). The standard InChI is InChI=1S/C11H16N2O/c14-8-9-4-3-7-13-11(9)10-5-1-2-6-12-10/h3-4,7,10,12,14H,1-2,5-6,8H2/t10-/m1/s1. The fraction of sp³-hybridized carbons (Fsp3) is 0.545. The van der Waals surface area contributed by atoms with Crippen LogP contribution in [0.3, 0.4) is 0 Å². The Balaban J connectivity index is 2.20. The molecule has 3 nitrogen and oxygen atoms in total. The summed E-state index contributed by atoms with van der Waals surface area (Å²) in [7, 11) is 0. The van der Waals surface area contributed by atoms with Gasteiger partial charge in [-0.3, -0.25) is 4.98 Å². The lowest BCUT2D eigenvalue weighted by atomic mass is 9.98. The fourth-order valence-corrected chi connectivity index (χ4v) is 1.98. The van der Waals surface area contributed by atoms with Crippen LogP contribution in [0.1, 0.15) is 36.6 Å². The van der Waals surface area contributed by atoms with Crippen LogP contribution in [0.5, 0.6) is 0 Å². The van der Waals surface area contributed by atoms with E-state index in [1.54, 1.807) is 6.20 Å². The highest BCUT2D eigenvalue weighted by Gasteiger charge is 2.18. The maximum absolute atomic E-state index is 9.18. The summed E-state index contributed by atoms with van der Waals surface area (Å²) in [5.74, 6) is 0. The van der Waals surface area contributed by atoms with Gasteiger partial charge in [0.15, 0.2) is 0 Å². The molecule has 0 saturated carbocycles. The van der Waals surface area contributed by atoms with E-state index in [0.29, 0.717) is 6.04 Å². The first-order valence-electron chi connectivity index (χ1n) is 5.20. The van der Waals surface area contributed by atoms with Crippen LogP contribution in [0.2, 0.25) is 0 Å². The van der Waals surface area contributed by atoms with Gasteiger partial charge in [-0.15, -0.1) is 0 Å². The summed E-state index contributed by atoms with van der Waals surface area (Å²) in [4.78, 5) is 4.35. The Morgan fingerprint density at radius 2 is 2.43 bits per heavy atom. The number of pyridine rings is 1. The maximum Gasteiger partial charge on any atom is 0.0700 e. The van der Waals surface area contributed by atoms with Crippen LogP contribution >= 0.6 is 0 Å². The van der Waals surface area contributed by atoms with E-state index >= 15 is 0 Å². The largest absolute Gasteiger partial charge is 0.392 e. The van der Waals surface area contributed by atoms with Gasteiger partial charge in [-0.25, -0.2) is 0 Å². The summed E-state index contributed by atoms with van der Waals surface area (Å²) >= 11 is 0. The molecule has 1 atom stereocenters. The second kappa shape index (κ2) is 4.53. The van der Waals surface area contributed by atoms with Crippen molar-refractivity contribution in [2.75, 3.05) is 6.54 Å². The van der Waals surface area contributed by atoms with E-state index in [-0.39, 0.29) is 6.61 Å². The molecular weight excluding hydrogens is 176 g/mol. The Morgan fingerprint density at radius 1 is 1.50 bits per heavy atom. The number of rotatable bonds is 2. The number of hydrogen-bond acceptors (Lipinski definition) is 3. The van der Waals surface area contributed by atoms with Gasteiger partial charge in [-0.2, -0.15) is 0 Å². The van der Waals surface area contributed by atoms with Gasteiger partial charge in [0.1, 0.15) is 0 Å². The predicted octanol–water partition coefficient (Wildman–Crippen LogP) is 1.39. The van der Waals surface area contributed by atoms with Crippen molar-refractivity contribution in [3.8, 4) is 0 Å². The topological polar surface area (TPSA) is 45.2 Å². The molecule has 0 radical (unpaired) electrons. The number of nitrogens with zero attached hydrogens (tertiary/aromatic N) is 1. The van der Waals surface area contributed by atoms with Crippen LogP contribution in [0.4, 0.5) is 0 Å². The summed E-state index contributed by atoms with van der Waals surface area (Å²) in [5, 5.41) is 12.6. The first kappa shape index (κ1) is 9.62. The third-order valence-electron chi connectivity index (χ3n) is 2.74. The molecule has 0 unspecified atom stereocenters. The van der Waals surface area contributed by atoms with Crippen molar-refractivity contribution in [1.82, 2.24) is 10.3 Å². The highest BCUT2D eigenvalue weighted by Crippen LogP contribution is 2.23. The van der Waals surface area contributed by atoms with Gasteiger partial charge in [-0.1, -0.05) is 12.5 Å². The molecule has 0 aromatic carbocycles. The molecule has 1 aliphatic rings. The lowest BCUT2D eigenvalue weighted by molar-refractivity contribution is 0.276. The summed E-state index contributed by atoms with van der Waals surface area (Å²) in [6.45, 7) is 1.15. The third-order valence-corrected chi connectivity index (χ3v) is 2.74. The van der Waals surface area contributed by atoms with Crippen LogP contribution in [-0.2, 0) is 6.61 Å². The smallest absolute Gasteiger partial charge is 0.0700 e. The molecular formula is C11H16N2O. The first-order valence-corrected chi connectivity index (χ1v) is 5.20. The zero-order chi connectivity index (χ0) is 9.80. The first-order chi connectivity index (χ1) is 6.92. The van der Waals surface area contributed by atoms with Gasteiger partial charge in [0.25, 0.3) is 0 Å². The van der Waals surface area contributed by atoms with E-state index in [1.165, 1.54) is 12.8 Å². The summed E-state index contributed by atoms with van der Waals surface area (Å²) in [6.07, 6.45) is 5.42. The molecule has 2 N–H and O–H groups in total. The number of nitrogens with one attached hydrogen (secondary N) is 1. The second-order valence-electron chi connectivity index (χ2n) is 3.71. The molecule has 0 aliphatic carbocycles. The van der Waals surface area contributed by atoms with Gasteiger partial charge in [0, 0.05) is 17.8 Å². The number of hydrogen-bond donors (Lipinski definition) is 2. The second-order valence-corrected chi connectivity index (χ2v) is 3.71. The Morgan fingerprint density at radius 3 is 3.14 bits per heavy atom. The molecule has 0 bridgehead atoms. The molecule has 1 aromatic rings. The minimum atomic E-state index is 0.0847. The van der Waals surface area contributed by atoms with Crippen LogP contribution in [0, 0.1) is 0 Å².